The van der Waals surface area contributed by atoms with Crippen molar-refractivity contribution in [2.24, 2.45) is 35.5 Å². The number of piperazine rings is 1. The first-order chi connectivity index (χ1) is 67.5. The highest BCUT2D eigenvalue weighted by atomic mass is 32.2. The number of rotatable bonds is 40. The molecular formula is C113H223N5O23S6. The Morgan fingerprint density at radius 1 is 0.224 bits per heavy atom. The molecule has 4 saturated heterocycles. The number of morpholine rings is 1. The maximum absolute atomic E-state index is 12.0. The Balaban J connectivity index is 0.000000819. The van der Waals surface area contributed by atoms with Crippen LogP contribution < -0.4 is 0 Å². The Kier molecular flexibility index (Phi) is 68.9. The summed E-state index contributed by atoms with van der Waals surface area (Å²) in [6, 6.07) is 0. The van der Waals surface area contributed by atoms with Crippen LogP contribution in [0.2, 0.25) is 0 Å². The lowest BCUT2D eigenvalue weighted by Crippen LogP contribution is -2.48. The van der Waals surface area contributed by atoms with E-state index >= 15 is 0 Å². The van der Waals surface area contributed by atoms with Gasteiger partial charge < -0.3 is 57.0 Å². The van der Waals surface area contributed by atoms with Crippen molar-refractivity contribution < 1.29 is 103 Å². The molecule has 0 bridgehead atoms. The summed E-state index contributed by atoms with van der Waals surface area (Å²) in [5.74, 6) is 6.03. The molecule has 4 heterocycles. The number of likely N-dealkylation sites (N-methyl/N-ethyl adjacent to an activating group) is 1. The topological polar surface area (TPSA) is 323 Å². The number of hydrogen-bond acceptors (Lipinski definition) is 24. The number of hydrogen-bond donors (Lipinski definition) is 0. The van der Waals surface area contributed by atoms with Gasteiger partial charge in [0.05, 0.1) is 181 Å². The molecule has 28 nitrogen and oxygen atoms in total. The Bertz CT molecular complexity index is 4170. The van der Waals surface area contributed by atoms with Crippen LogP contribution in [0.15, 0.2) is 48.6 Å². The van der Waals surface area contributed by atoms with Crippen molar-refractivity contribution >= 4 is 59.8 Å². The third-order valence-corrected chi connectivity index (χ3v) is 35.7. The maximum Gasteiger partial charge on any atom is 0.216 e. The van der Waals surface area contributed by atoms with Crippen LogP contribution in [-0.2, 0) is 112 Å². The van der Waals surface area contributed by atoms with Gasteiger partial charge in [0.2, 0.25) is 40.1 Å². The number of piperidine rings is 1. The van der Waals surface area contributed by atoms with Gasteiger partial charge in [-0.3, -0.25) is 0 Å². The fraction of sp³-hybridized carbons (Fsp3) is 0.929. The van der Waals surface area contributed by atoms with Gasteiger partial charge in [-0.15, -0.1) is 0 Å². The summed E-state index contributed by atoms with van der Waals surface area (Å²) in [4.78, 5) is 2.14. The quantitative estimate of drug-likeness (QED) is 0.0514. The minimum Gasteiger partial charge on any atom is -0.379 e. The Morgan fingerprint density at radius 3 is 0.667 bits per heavy atom. The van der Waals surface area contributed by atoms with Crippen LogP contribution in [0.4, 0.5) is 0 Å². The predicted octanol–water partition coefficient (Wildman–Crippen LogP) is 22.3. The van der Waals surface area contributed by atoms with E-state index in [-0.39, 0.29) is 117 Å². The SMILES string of the molecule is CC(C)(C)OC/C=C/C1CC1.CC(C)(C)OC/C=C/C1CCC1.CC(C)(C)OC/C=C/C1CCCC1.CC(C)(C)OC/C=C/C1CCCCC1.CC(C)(C)OCCS(=O)(=O)CCC1CCC1.CC(C)(C)OCCS(=O)(=O)CCC1CCCC1.CC(C)(C)OCCS(=O)(=O)N1CCCC1.CC(C)(C)OCCS(=O)(=O)N1CCCCC1.CC(C)(C)OCCS(=O)(=O)N1CCOCC1.CN1CCN(S(=O)(=O)CCOC(C)(C)C)CC1. The molecule has 34 heteroatoms. The summed E-state index contributed by atoms with van der Waals surface area (Å²) in [5, 5.41) is 0. The summed E-state index contributed by atoms with van der Waals surface area (Å²) < 4.78 is 208. The monoisotopic (exact) mass is 2210 g/mol. The fourth-order valence-corrected chi connectivity index (χ4v) is 23.6. The minimum atomic E-state index is -3.18. The molecule has 4 aliphatic heterocycles. The van der Waals surface area contributed by atoms with Crippen LogP contribution in [0.3, 0.4) is 0 Å². The summed E-state index contributed by atoms with van der Waals surface area (Å²) in [6.07, 6.45) is 52.9. The Hall–Kier alpha value is -1.98. The van der Waals surface area contributed by atoms with Crippen molar-refractivity contribution in [3.8, 4) is 0 Å². The van der Waals surface area contributed by atoms with Gasteiger partial charge in [-0.05, 0) is 340 Å². The predicted molar refractivity (Wildman–Crippen MR) is 611 cm³/mol. The second kappa shape index (κ2) is 70.8. The smallest absolute Gasteiger partial charge is 0.216 e. The molecule has 0 unspecified atom stereocenters. The molecule has 874 valence electrons. The third kappa shape index (κ3) is 85.8. The van der Waals surface area contributed by atoms with Crippen molar-refractivity contribution in [1.29, 1.82) is 0 Å². The maximum atomic E-state index is 12.0. The first-order valence-corrected chi connectivity index (χ1v) is 66.2. The second-order valence-corrected chi connectivity index (χ2v) is 64.0. The van der Waals surface area contributed by atoms with Gasteiger partial charge in [-0.25, -0.2) is 59.1 Å². The average Bonchev–Trinajstić information content (AvgIpc) is 1.68. The first-order valence-electron chi connectivity index (χ1n) is 56.2. The molecular weight excluding hydrogens is 1990 g/mol. The van der Waals surface area contributed by atoms with E-state index in [0.29, 0.717) is 102 Å². The highest BCUT2D eigenvalue weighted by Gasteiger charge is 2.32. The van der Waals surface area contributed by atoms with Crippen LogP contribution in [0.5, 0.6) is 0 Å². The van der Waals surface area contributed by atoms with E-state index in [1.165, 1.54) is 139 Å². The van der Waals surface area contributed by atoms with E-state index in [2.05, 4.69) is 137 Å². The van der Waals surface area contributed by atoms with E-state index in [1.54, 1.807) is 12.9 Å². The Labute approximate surface area is 903 Å². The van der Waals surface area contributed by atoms with Gasteiger partial charge in [0.25, 0.3) is 0 Å². The van der Waals surface area contributed by atoms with Crippen LogP contribution in [0, 0.1) is 35.5 Å². The molecule has 10 rings (SSSR count). The zero-order valence-corrected chi connectivity index (χ0v) is 104. The number of sulfonamides is 4. The van der Waals surface area contributed by atoms with Gasteiger partial charge in [0.15, 0.2) is 19.7 Å². The average molecular weight is 2210 g/mol. The molecule has 0 spiro atoms. The van der Waals surface area contributed by atoms with Crippen molar-refractivity contribution in [2.75, 3.05) is 198 Å². The molecule has 10 aliphatic rings. The number of sulfone groups is 2. The molecule has 10 fully saturated rings. The van der Waals surface area contributed by atoms with Gasteiger partial charge in [-0.2, -0.15) is 8.61 Å². The third-order valence-electron chi connectivity index (χ3n) is 25.0. The standard InChI is InChI=1S/C13H26O3S.C13H24O.C12H24O3S.C12H22O.C11H24N2O3S.C11H23NO3S.C11H20O.C10H21NO4S.C10H21NO3S.C10H18O/c1-13(2,3)16-9-11-17(14,15)10-8-12-6-4-5-7-12;1-13(2,3)14-11-7-10-12-8-5-4-6-9-12;1-12(2,3)15-8-10-16(13,14)9-7-11-5-4-6-11;1-12(2,3)13-10-6-9-11-7-4-5-8-11;1-11(2,3)16-9-10-17(14,15)13-7-5-12(4)6-8-13;1-11(2,3)15-9-10-16(13,14)12-7-5-4-6-8-12;1-11(2,3)12-9-5-8-10-6-4-7-10;1-10(2,3)15-8-9-16(12,13)11-4-6-14-7-5-11;1-10(2,3)14-8-9-15(12,13)11-6-4-5-7-11;1-10(2,3)11-8-4-5-9-6-7-9/h12H,4-11H2,1-3H3;7,10,12H,4-6,8-9,11H2,1-3H3;11H,4-10H2,1-3H3;6,9,11H,4-5,7-8,10H2,1-3H3;5-10H2,1-4H3;4-10H2,1-3H3;5,8,10H,4,6-7,9H2,1-3H3;4-9H2,1-3H3;4-9H2,1-3H3;4-5,9H,6-8H2,1-3H3/b;10-7+;;9-6+;;;8-5+;;;5-4+. The molecule has 0 N–H and O–H groups in total. The highest BCUT2D eigenvalue weighted by molar-refractivity contribution is 7.91. The minimum absolute atomic E-state index is 0.0000158. The van der Waals surface area contributed by atoms with Crippen molar-refractivity contribution in [3.05, 3.63) is 48.6 Å². The van der Waals surface area contributed by atoms with Crippen molar-refractivity contribution in [3.63, 3.8) is 0 Å². The largest absolute Gasteiger partial charge is 0.379 e. The van der Waals surface area contributed by atoms with Crippen LogP contribution in [0.25, 0.3) is 0 Å². The molecule has 6 aliphatic carbocycles. The lowest BCUT2D eigenvalue weighted by Gasteiger charge is -2.31. The van der Waals surface area contributed by atoms with E-state index in [1.807, 2.05) is 132 Å². The van der Waals surface area contributed by atoms with Crippen LogP contribution in [-0.4, -0.2) is 326 Å². The lowest BCUT2D eigenvalue weighted by atomic mass is 9.84. The number of ether oxygens (including phenoxy) is 11. The van der Waals surface area contributed by atoms with Gasteiger partial charge >= 0.3 is 0 Å². The van der Waals surface area contributed by atoms with Gasteiger partial charge in [0, 0.05) is 65.4 Å². The van der Waals surface area contributed by atoms with Crippen molar-refractivity contribution in [2.45, 2.75) is 444 Å². The summed E-state index contributed by atoms with van der Waals surface area (Å²) in [5.41, 5.74) is -1.59. The fourth-order valence-electron chi connectivity index (χ4n) is 15.8. The summed E-state index contributed by atoms with van der Waals surface area (Å²) in [7, 11) is -16.3. The van der Waals surface area contributed by atoms with E-state index in [9.17, 15) is 50.5 Å². The van der Waals surface area contributed by atoms with Gasteiger partial charge in [0.1, 0.15) is 0 Å². The zero-order chi connectivity index (χ0) is 112. The summed E-state index contributed by atoms with van der Waals surface area (Å²) in [6.45, 7) is 71.9. The van der Waals surface area contributed by atoms with Crippen LogP contribution >= 0.6 is 0 Å². The molecule has 0 aromatic carbocycles. The summed E-state index contributed by atoms with van der Waals surface area (Å²) >= 11 is 0. The normalized spacial score (nSPS) is 19.7. The molecule has 0 amide bonds. The Morgan fingerprint density at radius 2 is 0.429 bits per heavy atom. The lowest BCUT2D eigenvalue weighted by molar-refractivity contribution is 0.00535. The zero-order valence-electron chi connectivity index (χ0n) is 99.2. The number of nitrogens with zero attached hydrogens (tertiary/aromatic N) is 5. The molecule has 0 atom stereocenters. The molecule has 0 aromatic rings. The molecule has 0 radical (unpaired) electrons. The number of allylic oxidation sites excluding steroid dienone is 4. The highest BCUT2D eigenvalue weighted by Crippen LogP contribution is 2.34. The van der Waals surface area contributed by atoms with Crippen molar-refractivity contribution in [1.82, 2.24) is 22.1 Å². The molecule has 0 aromatic heterocycles. The van der Waals surface area contributed by atoms with Gasteiger partial charge in [-0.1, -0.05) is 138 Å². The van der Waals surface area contributed by atoms with E-state index < -0.39 is 59.8 Å². The van der Waals surface area contributed by atoms with Crippen LogP contribution in [0.1, 0.15) is 387 Å². The molecule has 6 saturated carbocycles. The van der Waals surface area contributed by atoms with E-state index in [0.717, 1.165) is 108 Å². The first kappa shape index (κ1) is 143. The molecule has 147 heavy (non-hydrogen) atoms. The van der Waals surface area contributed by atoms with E-state index in [4.69, 9.17) is 52.1 Å². The second-order valence-electron chi connectivity index (χ2n) is 51.0.